The summed E-state index contributed by atoms with van der Waals surface area (Å²) >= 11 is 0. The molecule has 0 saturated carbocycles. The van der Waals surface area contributed by atoms with E-state index in [9.17, 15) is 0 Å². The minimum absolute atomic E-state index is 0.190. The van der Waals surface area contributed by atoms with Crippen LogP contribution in [0.5, 0.6) is 0 Å². The molecule has 5 nitrogen and oxygen atoms in total. The Hall–Kier alpha value is -0.940. The zero-order valence-corrected chi connectivity index (χ0v) is 11.2. The average molecular weight is 241 g/mol. The summed E-state index contributed by atoms with van der Waals surface area (Å²) in [6.45, 7) is 8.72. The Morgan fingerprint density at radius 3 is 2.41 bits per heavy atom. The standard InChI is InChI=1S/C12H23N3O2/c1-5-9(13)10-14-11(15-17-10)12(6-2,7-3)16-8-4/h9H,5-8,13H2,1-4H3. The molecule has 1 heterocycles. The molecule has 0 bridgehead atoms. The first-order valence-electron chi connectivity index (χ1n) is 6.37. The van der Waals surface area contributed by atoms with E-state index in [1.807, 2.05) is 13.8 Å². The van der Waals surface area contributed by atoms with Gasteiger partial charge in [0.15, 0.2) is 0 Å². The molecular formula is C12H23N3O2. The number of hydrogen-bond acceptors (Lipinski definition) is 5. The monoisotopic (exact) mass is 241 g/mol. The average Bonchev–Trinajstić information content (AvgIpc) is 2.85. The molecule has 98 valence electrons. The first-order chi connectivity index (χ1) is 8.13. The van der Waals surface area contributed by atoms with Gasteiger partial charge < -0.3 is 15.0 Å². The lowest BCUT2D eigenvalue weighted by Gasteiger charge is -2.27. The molecule has 0 aliphatic rings. The second kappa shape index (κ2) is 6.12. The third-order valence-corrected chi connectivity index (χ3v) is 3.17. The number of nitrogens with zero attached hydrogens (tertiary/aromatic N) is 2. The second-order valence-corrected chi connectivity index (χ2v) is 4.11. The van der Waals surface area contributed by atoms with Crippen LogP contribution in [-0.2, 0) is 10.3 Å². The van der Waals surface area contributed by atoms with Crippen molar-refractivity contribution in [3.8, 4) is 0 Å². The quantitative estimate of drug-likeness (QED) is 0.794. The van der Waals surface area contributed by atoms with Crippen LogP contribution >= 0.6 is 0 Å². The van der Waals surface area contributed by atoms with Crippen LogP contribution in [0.2, 0.25) is 0 Å². The van der Waals surface area contributed by atoms with Gasteiger partial charge in [-0.25, -0.2) is 0 Å². The van der Waals surface area contributed by atoms with Crippen molar-refractivity contribution in [2.45, 2.75) is 58.6 Å². The molecule has 17 heavy (non-hydrogen) atoms. The van der Waals surface area contributed by atoms with Crippen molar-refractivity contribution in [3.05, 3.63) is 11.7 Å². The van der Waals surface area contributed by atoms with E-state index in [2.05, 4.69) is 24.0 Å². The van der Waals surface area contributed by atoms with Crippen LogP contribution in [-0.4, -0.2) is 16.7 Å². The van der Waals surface area contributed by atoms with E-state index in [1.165, 1.54) is 0 Å². The van der Waals surface area contributed by atoms with Crippen LogP contribution < -0.4 is 5.73 Å². The lowest BCUT2D eigenvalue weighted by molar-refractivity contribution is -0.0583. The normalized spacial score (nSPS) is 13.9. The molecule has 1 aromatic rings. The SMILES string of the molecule is CCOC(CC)(CC)c1noc(C(N)CC)n1. The summed E-state index contributed by atoms with van der Waals surface area (Å²) in [6.07, 6.45) is 2.41. The van der Waals surface area contributed by atoms with Crippen LogP contribution in [0.15, 0.2) is 4.52 Å². The molecule has 0 aromatic carbocycles. The molecule has 0 fully saturated rings. The van der Waals surface area contributed by atoms with Gasteiger partial charge in [0, 0.05) is 6.61 Å². The van der Waals surface area contributed by atoms with Crippen molar-refractivity contribution in [2.75, 3.05) is 6.61 Å². The molecule has 0 saturated heterocycles. The molecule has 0 spiro atoms. The van der Waals surface area contributed by atoms with Gasteiger partial charge >= 0.3 is 0 Å². The van der Waals surface area contributed by atoms with Crippen LogP contribution in [0.25, 0.3) is 0 Å². The first-order valence-corrected chi connectivity index (χ1v) is 6.37. The van der Waals surface area contributed by atoms with Crippen LogP contribution in [0, 0.1) is 0 Å². The maximum Gasteiger partial charge on any atom is 0.243 e. The molecule has 0 amide bonds. The van der Waals surface area contributed by atoms with Crippen molar-refractivity contribution >= 4 is 0 Å². The summed E-state index contributed by atoms with van der Waals surface area (Å²) < 4.78 is 11.0. The Morgan fingerprint density at radius 2 is 1.94 bits per heavy atom. The lowest BCUT2D eigenvalue weighted by Crippen LogP contribution is -2.30. The Balaban J connectivity index is 2.99. The van der Waals surface area contributed by atoms with Crippen LogP contribution in [0.4, 0.5) is 0 Å². The smallest absolute Gasteiger partial charge is 0.243 e. The largest absolute Gasteiger partial charge is 0.367 e. The number of rotatable bonds is 7. The highest BCUT2D eigenvalue weighted by Gasteiger charge is 2.34. The fourth-order valence-electron chi connectivity index (χ4n) is 1.86. The molecule has 0 aliphatic heterocycles. The lowest BCUT2D eigenvalue weighted by atomic mass is 9.96. The van der Waals surface area contributed by atoms with E-state index >= 15 is 0 Å². The summed E-state index contributed by atoms with van der Waals surface area (Å²) in [5, 5.41) is 4.03. The van der Waals surface area contributed by atoms with Gasteiger partial charge in [-0.3, -0.25) is 0 Å². The van der Waals surface area contributed by atoms with Gasteiger partial charge in [0.2, 0.25) is 11.7 Å². The summed E-state index contributed by atoms with van der Waals surface area (Å²) in [4.78, 5) is 4.39. The van der Waals surface area contributed by atoms with Gasteiger partial charge in [-0.1, -0.05) is 25.9 Å². The predicted octanol–water partition coefficient (Wildman–Crippen LogP) is 2.53. The highest BCUT2D eigenvalue weighted by atomic mass is 16.5. The number of hydrogen-bond donors (Lipinski definition) is 1. The van der Waals surface area contributed by atoms with E-state index in [0.29, 0.717) is 18.3 Å². The number of nitrogens with two attached hydrogens (primary N) is 1. The predicted molar refractivity (Wildman–Crippen MR) is 65.4 cm³/mol. The number of aromatic nitrogens is 2. The van der Waals surface area contributed by atoms with E-state index in [0.717, 1.165) is 19.3 Å². The molecule has 1 unspecified atom stereocenters. The van der Waals surface area contributed by atoms with E-state index in [-0.39, 0.29) is 6.04 Å². The zero-order chi connectivity index (χ0) is 12.9. The Labute approximate surface area is 103 Å². The highest BCUT2D eigenvalue weighted by Crippen LogP contribution is 2.31. The summed E-state index contributed by atoms with van der Waals surface area (Å²) in [5.74, 6) is 1.11. The fraction of sp³-hybridized carbons (Fsp3) is 0.833. The second-order valence-electron chi connectivity index (χ2n) is 4.11. The summed E-state index contributed by atoms with van der Waals surface area (Å²) in [6, 6.07) is -0.190. The molecule has 0 radical (unpaired) electrons. The van der Waals surface area contributed by atoms with E-state index in [1.54, 1.807) is 0 Å². The van der Waals surface area contributed by atoms with Gasteiger partial charge in [-0.2, -0.15) is 4.98 Å². The molecule has 1 aromatic heterocycles. The van der Waals surface area contributed by atoms with Gasteiger partial charge in [0.1, 0.15) is 5.60 Å². The Kier molecular flexibility index (Phi) is 5.08. The maximum absolute atomic E-state index is 5.87. The maximum atomic E-state index is 5.87. The molecule has 5 heteroatoms. The minimum Gasteiger partial charge on any atom is -0.367 e. The summed E-state index contributed by atoms with van der Waals surface area (Å²) in [7, 11) is 0. The summed E-state index contributed by atoms with van der Waals surface area (Å²) in [5.41, 5.74) is 5.43. The van der Waals surface area contributed by atoms with Crippen molar-refractivity contribution in [1.29, 1.82) is 0 Å². The highest BCUT2D eigenvalue weighted by molar-refractivity contribution is 5.02. The van der Waals surface area contributed by atoms with Crippen molar-refractivity contribution < 1.29 is 9.26 Å². The third-order valence-electron chi connectivity index (χ3n) is 3.17. The topological polar surface area (TPSA) is 74.2 Å². The first kappa shape index (κ1) is 14.1. The van der Waals surface area contributed by atoms with Crippen LogP contribution in [0.3, 0.4) is 0 Å². The molecule has 2 N–H and O–H groups in total. The Bertz CT molecular complexity index is 334. The van der Waals surface area contributed by atoms with E-state index < -0.39 is 5.60 Å². The van der Waals surface area contributed by atoms with Crippen molar-refractivity contribution in [2.24, 2.45) is 5.73 Å². The van der Waals surface area contributed by atoms with Crippen LogP contribution in [0.1, 0.15) is 64.7 Å². The fourth-order valence-corrected chi connectivity index (χ4v) is 1.86. The third kappa shape index (κ3) is 2.84. The van der Waals surface area contributed by atoms with Gasteiger partial charge in [-0.15, -0.1) is 0 Å². The van der Waals surface area contributed by atoms with Gasteiger partial charge in [0.05, 0.1) is 6.04 Å². The van der Waals surface area contributed by atoms with Crippen molar-refractivity contribution in [3.63, 3.8) is 0 Å². The van der Waals surface area contributed by atoms with E-state index in [4.69, 9.17) is 15.0 Å². The molecule has 1 rings (SSSR count). The minimum atomic E-state index is -0.441. The molecule has 0 aliphatic carbocycles. The van der Waals surface area contributed by atoms with Gasteiger partial charge in [-0.05, 0) is 26.2 Å². The van der Waals surface area contributed by atoms with Crippen molar-refractivity contribution in [1.82, 2.24) is 10.1 Å². The Morgan fingerprint density at radius 1 is 1.29 bits per heavy atom. The molecular weight excluding hydrogens is 218 g/mol. The molecule has 1 atom stereocenters. The zero-order valence-electron chi connectivity index (χ0n) is 11.2. The number of ether oxygens (including phenoxy) is 1. The van der Waals surface area contributed by atoms with Gasteiger partial charge in [0.25, 0.3) is 0 Å².